The number of aliphatic hydroxyl groups excluding tert-OH is 1. The summed E-state index contributed by atoms with van der Waals surface area (Å²) in [5.41, 5.74) is 3.00. The van der Waals surface area contributed by atoms with Crippen molar-refractivity contribution in [3.8, 4) is 0 Å². The Kier molecular flexibility index (Phi) is 7.47. The molecule has 0 aromatic rings. The van der Waals surface area contributed by atoms with Gasteiger partial charge >= 0.3 is 0 Å². The molecule has 2 fully saturated rings. The molecule has 1 N–H and O–H groups in total. The van der Waals surface area contributed by atoms with Gasteiger partial charge in [0.1, 0.15) is 0 Å². The molecule has 0 saturated carbocycles. The first-order valence-electron chi connectivity index (χ1n) is 7.33. The lowest BCUT2D eigenvalue weighted by atomic mass is 9.96. The van der Waals surface area contributed by atoms with Crippen molar-refractivity contribution in [2.75, 3.05) is 0 Å². The first kappa shape index (κ1) is 18.2. The fourth-order valence-corrected chi connectivity index (χ4v) is 3.97. The van der Waals surface area contributed by atoms with Crippen LogP contribution in [0.25, 0.3) is 0 Å². The van der Waals surface area contributed by atoms with Gasteiger partial charge in [0.05, 0.1) is 30.5 Å². The van der Waals surface area contributed by atoms with E-state index >= 15 is 0 Å². The maximum absolute atomic E-state index is 10.3. The molecule has 120 valence electrons. The molecule has 0 radical (unpaired) electrons. The minimum absolute atomic E-state index is 0.00364. The number of alkyl halides is 2. The summed E-state index contributed by atoms with van der Waals surface area (Å²) in [6.45, 7) is 2.14. The number of rotatable bonds is 3. The SMILES string of the molecule is CC[C@H](Br)[C@@H]1C[C@H](Br)[C@H](O)C[C@H]2O[C@H](C=C=CBr)C[C@H]2O1. The van der Waals surface area contributed by atoms with Crippen LogP contribution in [0.3, 0.4) is 0 Å². The largest absolute Gasteiger partial charge is 0.392 e. The maximum Gasteiger partial charge on any atom is 0.0871 e. The molecule has 6 heteroatoms. The molecule has 0 unspecified atom stereocenters. The second-order valence-corrected chi connectivity index (χ2v) is 8.39. The molecule has 0 amide bonds. The molecule has 0 aromatic carbocycles. The lowest BCUT2D eigenvalue weighted by Crippen LogP contribution is -2.42. The topological polar surface area (TPSA) is 38.7 Å². The highest BCUT2D eigenvalue weighted by Gasteiger charge is 2.42. The van der Waals surface area contributed by atoms with Crippen LogP contribution in [0.5, 0.6) is 0 Å². The number of hydrogen-bond donors (Lipinski definition) is 1. The molecule has 0 bridgehead atoms. The third-order valence-electron chi connectivity index (χ3n) is 4.07. The van der Waals surface area contributed by atoms with Crippen molar-refractivity contribution in [2.45, 2.75) is 72.8 Å². The molecule has 2 heterocycles. The van der Waals surface area contributed by atoms with Gasteiger partial charge in [-0.25, -0.2) is 0 Å². The van der Waals surface area contributed by atoms with E-state index in [1.807, 2.05) is 6.08 Å². The van der Waals surface area contributed by atoms with Gasteiger partial charge < -0.3 is 14.6 Å². The van der Waals surface area contributed by atoms with Crippen LogP contribution in [-0.4, -0.2) is 45.3 Å². The summed E-state index contributed by atoms with van der Waals surface area (Å²) in [6, 6.07) is 0. The van der Waals surface area contributed by atoms with E-state index < -0.39 is 6.10 Å². The molecule has 2 aliphatic rings. The maximum atomic E-state index is 10.3. The predicted octanol–water partition coefficient (Wildman–Crippen LogP) is 4.05. The van der Waals surface area contributed by atoms with E-state index in [-0.39, 0.29) is 29.2 Å². The second-order valence-electron chi connectivity index (χ2n) is 5.58. The fourth-order valence-electron chi connectivity index (χ4n) is 2.89. The van der Waals surface area contributed by atoms with Crippen LogP contribution in [0.4, 0.5) is 0 Å². The van der Waals surface area contributed by atoms with Crippen LogP contribution >= 0.6 is 47.8 Å². The Balaban J connectivity index is 2.11. The summed E-state index contributed by atoms with van der Waals surface area (Å²) in [5, 5.41) is 10.3. The molecule has 2 rings (SSSR count). The van der Waals surface area contributed by atoms with Crippen molar-refractivity contribution in [1.29, 1.82) is 0 Å². The highest BCUT2D eigenvalue weighted by Crippen LogP contribution is 2.35. The van der Waals surface area contributed by atoms with Crippen molar-refractivity contribution in [3.05, 3.63) is 16.8 Å². The standard InChI is InChI=1S/C15H21Br3O3/c1-2-10(17)13-7-11(18)12(19)8-15-14(21-13)6-9(20-15)4-3-5-16/h4-5,9-15,19H,2,6-8H2,1H3/t3?,9-,10+,11+,12-,13+,14-,15-/m1/s1. The molecule has 2 saturated heterocycles. The number of halogens is 3. The van der Waals surface area contributed by atoms with Gasteiger partial charge in [-0.15, -0.1) is 5.73 Å². The molecular formula is C15H21Br3O3. The first-order valence-corrected chi connectivity index (χ1v) is 10.1. The molecule has 0 aromatic heterocycles. The van der Waals surface area contributed by atoms with Crippen molar-refractivity contribution < 1.29 is 14.6 Å². The smallest absolute Gasteiger partial charge is 0.0871 e. The third-order valence-corrected chi connectivity index (χ3v) is 6.55. The monoisotopic (exact) mass is 486 g/mol. The minimum atomic E-state index is -0.407. The summed E-state index contributed by atoms with van der Waals surface area (Å²) >= 11 is 10.5. The van der Waals surface area contributed by atoms with Gasteiger partial charge in [0, 0.05) is 27.5 Å². The van der Waals surface area contributed by atoms with Crippen molar-refractivity contribution in [3.63, 3.8) is 0 Å². The quantitative estimate of drug-likeness (QED) is 0.481. The van der Waals surface area contributed by atoms with Gasteiger partial charge in [-0.2, -0.15) is 0 Å². The summed E-state index contributed by atoms with van der Waals surface area (Å²) in [4.78, 5) is 2.02. The summed E-state index contributed by atoms with van der Waals surface area (Å²) in [6.07, 6.45) is 4.78. The average Bonchev–Trinajstić information content (AvgIpc) is 2.83. The van der Waals surface area contributed by atoms with E-state index in [2.05, 4.69) is 60.4 Å². The minimum Gasteiger partial charge on any atom is -0.392 e. The second kappa shape index (κ2) is 8.62. The van der Waals surface area contributed by atoms with E-state index in [4.69, 9.17) is 9.47 Å². The average molecular weight is 489 g/mol. The Bertz CT molecular complexity index is 398. The number of ether oxygens (including phenoxy) is 2. The van der Waals surface area contributed by atoms with E-state index in [1.54, 1.807) is 4.99 Å². The van der Waals surface area contributed by atoms with Crippen LogP contribution < -0.4 is 0 Å². The molecule has 0 aliphatic carbocycles. The van der Waals surface area contributed by atoms with E-state index in [1.165, 1.54) is 0 Å². The van der Waals surface area contributed by atoms with E-state index in [0.717, 1.165) is 19.3 Å². The zero-order chi connectivity index (χ0) is 15.4. The molecule has 21 heavy (non-hydrogen) atoms. The Labute approximate surface area is 151 Å². The van der Waals surface area contributed by atoms with Gasteiger partial charge in [0.2, 0.25) is 0 Å². The van der Waals surface area contributed by atoms with Gasteiger partial charge in [-0.05, 0) is 18.9 Å². The zero-order valence-electron chi connectivity index (χ0n) is 11.9. The normalized spacial score (nSPS) is 41.4. The van der Waals surface area contributed by atoms with Gasteiger partial charge in [-0.3, -0.25) is 0 Å². The van der Waals surface area contributed by atoms with E-state index in [9.17, 15) is 5.11 Å². The molecular weight excluding hydrogens is 468 g/mol. The molecule has 0 spiro atoms. The van der Waals surface area contributed by atoms with Gasteiger partial charge in [0.15, 0.2) is 0 Å². The predicted molar refractivity (Wildman–Crippen MR) is 94.5 cm³/mol. The summed E-state index contributed by atoms with van der Waals surface area (Å²) in [7, 11) is 0. The number of aliphatic hydroxyl groups is 1. The lowest BCUT2D eigenvalue weighted by Gasteiger charge is -2.34. The van der Waals surface area contributed by atoms with Crippen LogP contribution in [-0.2, 0) is 9.47 Å². The fraction of sp³-hybridized carbons (Fsp3) is 0.800. The zero-order valence-corrected chi connectivity index (χ0v) is 16.7. The van der Waals surface area contributed by atoms with Crippen molar-refractivity contribution in [2.24, 2.45) is 0 Å². The highest BCUT2D eigenvalue weighted by molar-refractivity contribution is 9.11. The summed E-state index contributed by atoms with van der Waals surface area (Å²) in [5.74, 6) is 0. The van der Waals surface area contributed by atoms with Crippen LogP contribution in [0.2, 0.25) is 0 Å². The van der Waals surface area contributed by atoms with E-state index in [0.29, 0.717) is 11.2 Å². The first-order chi connectivity index (χ1) is 10.0. The number of hydrogen-bond acceptors (Lipinski definition) is 3. The Morgan fingerprint density at radius 1 is 1.29 bits per heavy atom. The van der Waals surface area contributed by atoms with Crippen molar-refractivity contribution in [1.82, 2.24) is 0 Å². The van der Waals surface area contributed by atoms with Crippen LogP contribution in [0, 0.1) is 0 Å². The Hall–Kier alpha value is 0.840. The highest BCUT2D eigenvalue weighted by atomic mass is 79.9. The van der Waals surface area contributed by atoms with Crippen LogP contribution in [0.15, 0.2) is 16.8 Å². The molecule has 2 aliphatic heterocycles. The van der Waals surface area contributed by atoms with Gasteiger partial charge in [-0.1, -0.05) is 54.7 Å². The molecule has 7 atom stereocenters. The van der Waals surface area contributed by atoms with Crippen molar-refractivity contribution >= 4 is 47.8 Å². The van der Waals surface area contributed by atoms with Gasteiger partial charge in [0.25, 0.3) is 0 Å². The third kappa shape index (κ3) is 4.90. The number of fused-ring (bicyclic) bond motifs is 1. The lowest BCUT2D eigenvalue weighted by molar-refractivity contribution is -0.0861. The Morgan fingerprint density at radius 3 is 2.67 bits per heavy atom. The van der Waals surface area contributed by atoms with Crippen LogP contribution in [0.1, 0.15) is 32.6 Å². The molecule has 3 nitrogen and oxygen atoms in total. The summed E-state index contributed by atoms with van der Waals surface area (Å²) < 4.78 is 12.3. The Morgan fingerprint density at radius 2 is 2.00 bits per heavy atom.